The number of nitrogens with zero attached hydrogens (tertiary/aromatic N) is 1. The van der Waals surface area contributed by atoms with Gasteiger partial charge in [-0.1, -0.05) is 26.0 Å². The molecule has 1 aromatic carbocycles. The SMILES string of the molecule is COc1ccccc1-c1csc(C(CC(C)C)NC(=O)OC(C)(C)C)n1. The Hall–Kier alpha value is -2.08. The summed E-state index contributed by atoms with van der Waals surface area (Å²) in [5, 5.41) is 5.83. The fourth-order valence-corrected chi connectivity index (χ4v) is 3.45. The highest BCUT2D eigenvalue weighted by atomic mass is 32.1. The summed E-state index contributed by atoms with van der Waals surface area (Å²) in [6.07, 6.45) is 0.371. The van der Waals surface area contributed by atoms with Crippen molar-refractivity contribution < 1.29 is 14.3 Å². The van der Waals surface area contributed by atoms with Crippen molar-refractivity contribution >= 4 is 17.4 Å². The van der Waals surface area contributed by atoms with Crippen LogP contribution in [0.1, 0.15) is 52.1 Å². The molecule has 1 amide bonds. The molecule has 0 aliphatic rings. The Labute approximate surface area is 159 Å². The van der Waals surface area contributed by atoms with E-state index in [1.165, 1.54) is 11.3 Å². The van der Waals surface area contributed by atoms with Crippen molar-refractivity contribution in [3.63, 3.8) is 0 Å². The molecule has 5 nitrogen and oxygen atoms in total. The average Bonchev–Trinajstić information content (AvgIpc) is 3.01. The summed E-state index contributed by atoms with van der Waals surface area (Å²) in [6.45, 7) is 9.81. The second-order valence-corrected chi connectivity index (χ2v) is 8.49. The molecule has 1 N–H and O–H groups in total. The van der Waals surface area contributed by atoms with E-state index in [0.29, 0.717) is 5.92 Å². The molecule has 1 heterocycles. The minimum atomic E-state index is -0.530. The number of amides is 1. The number of alkyl carbamates (subject to hydrolysis) is 1. The van der Waals surface area contributed by atoms with E-state index in [1.54, 1.807) is 7.11 Å². The van der Waals surface area contributed by atoms with Crippen LogP contribution in [0.15, 0.2) is 29.6 Å². The number of carbonyl (C=O) groups excluding carboxylic acids is 1. The molecule has 2 aromatic rings. The van der Waals surface area contributed by atoms with E-state index < -0.39 is 11.7 Å². The van der Waals surface area contributed by atoms with Crippen LogP contribution in [0.25, 0.3) is 11.3 Å². The van der Waals surface area contributed by atoms with Crippen molar-refractivity contribution in [3.8, 4) is 17.0 Å². The topological polar surface area (TPSA) is 60.5 Å². The lowest BCUT2D eigenvalue weighted by molar-refractivity contribution is 0.0497. The number of hydrogen-bond donors (Lipinski definition) is 1. The minimum absolute atomic E-state index is 0.182. The molecule has 0 saturated carbocycles. The van der Waals surface area contributed by atoms with Gasteiger partial charge in [0.1, 0.15) is 16.4 Å². The lowest BCUT2D eigenvalue weighted by atomic mass is 10.0. The zero-order chi connectivity index (χ0) is 19.3. The number of benzene rings is 1. The molecule has 0 bridgehead atoms. The van der Waals surface area contributed by atoms with Gasteiger partial charge in [0.25, 0.3) is 0 Å². The van der Waals surface area contributed by atoms with Gasteiger partial charge in [0.05, 0.1) is 18.8 Å². The predicted octanol–water partition coefficient (Wildman–Crippen LogP) is 5.43. The molecule has 0 spiro atoms. The van der Waals surface area contributed by atoms with E-state index in [4.69, 9.17) is 14.5 Å². The largest absolute Gasteiger partial charge is 0.496 e. The fraction of sp³-hybridized carbons (Fsp3) is 0.500. The molecular weight excluding hydrogens is 348 g/mol. The number of rotatable bonds is 6. The first-order valence-electron chi connectivity index (χ1n) is 8.78. The van der Waals surface area contributed by atoms with E-state index in [9.17, 15) is 4.79 Å². The maximum atomic E-state index is 12.2. The molecule has 1 atom stereocenters. The Morgan fingerprint density at radius 1 is 1.27 bits per heavy atom. The highest BCUT2D eigenvalue weighted by Crippen LogP contribution is 2.33. The summed E-state index contributed by atoms with van der Waals surface area (Å²) in [7, 11) is 1.65. The molecule has 6 heteroatoms. The number of aromatic nitrogens is 1. The van der Waals surface area contributed by atoms with Crippen LogP contribution in [0.2, 0.25) is 0 Å². The van der Waals surface area contributed by atoms with Gasteiger partial charge in [-0.15, -0.1) is 11.3 Å². The Morgan fingerprint density at radius 2 is 1.96 bits per heavy atom. The van der Waals surface area contributed by atoms with Gasteiger partial charge in [-0.05, 0) is 45.2 Å². The maximum absolute atomic E-state index is 12.2. The van der Waals surface area contributed by atoms with Crippen molar-refractivity contribution in [3.05, 3.63) is 34.7 Å². The van der Waals surface area contributed by atoms with Gasteiger partial charge in [-0.2, -0.15) is 0 Å². The molecule has 142 valence electrons. The predicted molar refractivity (Wildman–Crippen MR) is 106 cm³/mol. The Balaban J connectivity index is 2.24. The van der Waals surface area contributed by atoms with E-state index in [2.05, 4.69) is 19.2 Å². The van der Waals surface area contributed by atoms with Crippen LogP contribution in [0.5, 0.6) is 5.75 Å². The monoisotopic (exact) mass is 376 g/mol. The second-order valence-electron chi connectivity index (χ2n) is 7.60. The summed E-state index contributed by atoms with van der Waals surface area (Å²) in [6, 6.07) is 7.61. The first kappa shape index (κ1) is 20.2. The van der Waals surface area contributed by atoms with Gasteiger partial charge < -0.3 is 14.8 Å². The van der Waals surface area contributed by atoms with Crippen LogP contribution in [-0.2, 0) is 4.74 Å². The van der Waals surface area contributed by atoms with Crippen molar-refractivity contribution in [1.82, 2.24) is 10.3 Å². The van der Waals surface area contributed by atoms with Crippen LogP contribution >= 0.6 is 11.3 Å². The van der Waals surface area contributed by atoms with Crippen LogP contribution < -0.4 is 10.1 Å². The molecule has 0 saturated heterocycles. The number of ether oxygens (including phenoxy) is 2. The van der Waals surface area contributed by atoms with Gasteiger partial charge in [-0.3, -0.25) is 0 Å². The molecule has 1 unspecified atom stereocenters. The first-order chi connectivity index (χ1) is 12.2. The third-order valence-electron chi connectivity index (χ3n) is 3.60. The number of thiazole rings is 1. The van der Waals surface area contributed by atoms with Gasteiger partial charge in [0, 0.05) is 10.9 Å². The van der Waals surface area contributed by atoms with E-state index in [0.717, 1.165) is 28.4 Å². The van der Waals surface area contributed by atoms with Crippen LogP contribution in [-0.4, -0.2) is 23.8 Å². The average molecular weight is 377 g/mol. The molecule has 0 fully saturated rings. The fourth-order valence-electron chi connectivity index (χ4n) is 2.57. The van der Waals surface area contributed by atoms with Crippen LogP contribution in [0.3, 0.4) is 0 Å². The number of hydrogen-bond acceptors (Lipinski definition) is 5. The minimum Gasteiger partial charge on any atom is -0.496 e. The third kappa shape index (κ3) is 5.73. The maximum Gasteiger partial charge on any atom is 0.408 e. The molecule has 2 rings (SSSR count). The highest BCUT2D eigenvalue weighted by molar-refractivity contribution is 7.10. The highest BCUT2D eigenvalue weighted by Gasteiger charge is 2.24. The normalized spacial score (nSPS) is 12.7. The smallest absolute Gasteiger partial charge is 0.408 e. The van der Waals surface area contributed by atoms with Gasteiger partial charge in [0.15, 0.2) is 0 Å². The summed E-state index contributed by atoms with van der Waals surface area (Å²) >= 11 is 1.54. The van der Waals surface area contributed by atoms with E-state index in [1.807, 2.05) is 50.4 Å². The summed E-state index contributed by atoms with van der Waals surface area (Å²) < 4.78 is 10.8. The van der Waals surface area contributed by atoms with E-state index in [-0.39, 0.29) is 6.04 Å². The number of carbonyl (C=O) groups is 1. The van der Waals surface area contributed by atoms with E-state index >= 15 is 0 Å². The second kappa shape index (κ2) is 8.54. The van der Waals surface area contributed by atoms with Crippen molar-refractivity contribution in [1.29, 1.82) is 0 Å². The Kier molecular flexibility index (Phi) is 6.64. The third-order valence-corrected chi connectivity index (χ3v) is 4.56. The van der Waals surface area contributed by atoms with Crippen LogP contribution in [0, 0.1) is 5.92 Å². The van der Waals surface area contributed by atoms with Crippen LogP contribution in [0.4, 0.5) is 4.79 Å². The lowest BCUT2D eigenvalue weighted by Gasteiger charge is -2.23. The molecule has 0 aliphatic heterocycles. The summed E-state index contributed by atoms with van der Waals surface area (Å²) in [5.41, 5.74) is 1.26. The summed E-state index contributed by atoms with van der Waals surface area (Å²) in [5.74, 6) is 1.19. The number of para-hydroxylation sites is 1. The van der Waals surface area contributed by atoms with Gasteiger partial charge in [0.2, 0.25) is 0 Å². The number of nitrogens with one attached hydrogen (secondary N) is 1. The molecule has 1 aromatic heterocycles. The standard InChI is InChI=1S/C20H28N2O3S/c1-13(2)11-15(22-19(23)25-20(3,4)5)18-21-16(12-26-18)14-9-7-8-10-17(14)24-6/h7-10,12-13,15H,11H2,1-6H3,(H,22,23). The van der Waals surface area contributed by atoms with Crippen molar-refractivity contribution in [2.24, 2.45) is 5.92 Å². The lowest BCUT2D eigenvalue weighted by Crippen LogP contribution is -2.35. The summed E-state index contributed by atoms with van der Waals surface area (Å²) in [4.78, 5) is 17.0. The molecule has 0 aliphatic carbocycles. The molecule has 26 heavy (non-hydrogen) atoms. The van der Waals surface area contributed by atoms with Crippen molar-refractivity contribution in [2.45, 2.75) is 52.7 Å². The Morgan fingerprint density at radius 3 is 2.58 bits per heavy atom. The first-order valence-corrected chi connectivity index (χ1v) is 9.66. The zero-order valence-electron chi connectivity index (χ0n) is 16.3. The molecular formula is C20H28N2O3S. The molecule has 0 radical (unpaired) electrons. The quantitative estimate of drug-likeness (QED) is 0.730. The Bertz CT molecular complexity index is 735. The van der Waals surface area contributed by atoms with Gasteiger partial charge >= 0.3 is 6.09 Å². The number of methoxy groups -OCH3 is 1. The van der Waals surface area contributed by atoms with Gasteiger partial charge in [-0.25, -0.2) is 9.78 Å². The zero-order valence-corrected chi connectivity index (χ0v) is 17.1. The van der Waals surface area contributed by atoms with Crippen molar-refractivity contribution in [2.75, 3.05) is 7.11 Å².